The second-order valence-electron chi connectivity index (χ2n) is 6.99. The second kappa shape index (κ2) is 6.36. The van der Waals surface area contributed by atoms with Gasteiger partial charge in [-0.25, -0.2) is 0 Å². The van der Waals surface area contributed by atoms with E-state index in [1.54, 1.807) is 0 Å². The Labute approximate surface area is 154 Å². The van der Waals surface area contributed by atoms with Crippen molar-refractivity contribution in [3.63, 3.8) is 0 Å². The Morgan fingerprint density at radius 2 is 1.80 bits per heavy atom. The summed E-state index contributed by atoms with van der Waals surface area (Å²) in [6.07, 6.45) is 1.07. The highest BCUT2D eigenvalue weighted by Crippen LogP contribution is 2.36. The van der Waals surface area contributed by atoms with Gasteiger partial charge in [-0.1, -0.05) is 41.9 Å². The SMILES string of the molecule is C/C(=C(/C)n1c2c(c3cc(Cl)ccc31)CN(C)CC2)c1ccccc1. The molecule has 0 amide bonds. The van der Waals surface area contributed by atoms with Gasteiger partial charge >= 0.3 is 0 Å². The van der Waals surface area contributed by atoms with Gasteiger partial charge < -0.3 is 9.47 Å². The van der Waals surface area contributed by atoms with E-state index in [4.69, 9.17) is 11.6 Å². The van der Waals surface area contributed by atoms with Gasteiger partial charge in [-0.05, 0) is 55.8 Å². The number of aromatic nitrogens is 1. The number of hydrogen-bond donors (Lipinski definition) is 0. The van der Waals surface area contributed by atoms with Crippen LogP contribution in [0, 0.1) is 0 Å². The van der Waals surface area contributed by atoms with Crippen LogP contribution in [0.4, 0.5) is 0 Å². The molecule has 1 aromatic heterocycles. The van der Waals surface area contributed by atoms with Crippen molar-refractivity contribution in [3.8, 4) is 0 Å². The summed E-state index contributed by atoms with van der Waals surface area (Å²) in [5, 5.41) is 2.09. The molecule has 1 aliphatic rings. The predicted molar refractivity (Wildman–Crippen MR) is 108 cm³/mol. The minimum atomic E-state index is 0.807. The van der Waals surface area contributed by atoms with Gasteiger partial charge in [-0.3, -0.25) is 0 Å². The van der Waals surface area contributed by atoms with Gasteiger partial charge in [0.1, 0.15) is 0 Å². The average Bonchev–Trinajstić information content (AvgIpc) is 2.94. The third-order valence-electron chi connectivity index (χ3n) is 5.39. The summed E-state index contributed by atoms with van der Waals surface area (Å²) >= 11 is 6.31. The summed E-state index contributed by atoms with van der Waals surface area (Å²) < 4.78 is 2.45. The second-order valence-corrected chi connectivity index (χ2v) is 7.42. The fourth-order valence-electron chi connectivity index (χ4n) is 3.91. The van der Waals surface area contributed by atoms with Crippen molar-refractivity contribution in [2.45, 2.75) is 26.8 Å². The first kappa shape index (κ1) is 16.4. The lowest BCUT2D eigenvalue weighted by atomic mass is 10.0. The molecule has 0 atom stereocenters. The van der Waals surface area contributed by atoms with Crippen LogP contribution in [0.1, 0.15) is 30.7 Å². The van der Waals surface area contributed by atoms with Gasteiger partial charge in [0.15, 0.2) is 0 Å². The number of benzene rings is 2. The van der Waals surface area contributed by atoms with E-state index in [1.807, 2.05) is 6.07 Å². The van der Waals surface area contributed by atoms with Gasteiger partial charge in [-0.2, -0.15) is 0 Å². The van der Waals surface area contributed by atoms with E-state index >= 15 is 0 Å². The van der Waals surface area contributed by atoms with Crippen molar-refractivity contribution in [1.82, 2.24) is 9.47 Å². The molecule has 0 saturated carbocycles. The number of hydrogen-bond acceptors (Lipinski definition) is 1. The molecule has 25 heavy (non-hydrogen) atoms. The van der Waals surface area contributed by atoms with Crippen LogP contribution in [0.5, 0.6) is 0 Å². The number of likely N-dealkylation sites (N-methyl/N-ethyl adjacent to an activating group) is 1. The quantitative estimate of drug-likeness (QED) is 0.576. The predicted octanol–water partition coefficient (Wildman–Crippen LogP) is 5.69. The number of fused-ring (bicyclic) bond motifs is 3. The smallest absolute Gasteiger partial charge is 0.0532 e. The summed E-state index contributed by atoms with van der Waals surface area (Å²) in [5.74, 6) is 0. The molecule has 2 nitrogen and oxygen atoms in total. The van der Waals surface area contributed by atoms with Crippen molar-refractivity contribution in [2.75, 3.05) is 13.6 Å². The highest BCUT2D eigenvalue weighted by atomic mass is 35.5. The molecule has 1 aliphatic heterocycles. The van der Waals surface area contributed by atoms with Crippen molar-refractivity contribution in [3.05, 3.63) is 70.4 Å². The first-order valence-electron chi connectivity index (χ1n) is 8.80. The number of nitrogens with zero attached hydrogens (tertiary/aromatic N) is 2. The monoisotopic (exact) mass is 350 g/mol. The zero-order valence-electron chi connectivity index (χ0n) is 15.0. The Bertz CT molecular complexity index is 967. The van der Waals surface area contributed by atoms with Crippen LogP contribution in [0.25, 0.3) is 22.2 Å². The zero-order valence-corrected chi connectivity index (χ0v) is 15.8. The molecule has 0 spiro atoms. The Morgan fingerprint density at radius 1 is 1.04 bits per heavy atom. The third kappa shape index (κ3) is 2.80. The van der Waals surface area contributed by atoms with E-state index in [9.17, 15) is 0 Å². The molecule has 0 N–H and O–H groups in total. The summed E-state index contributed by atoms with van der Waals surface area (Å²) in [6, 6.07) is 16.9. The molecule has 2 aromatic carbocycles. The van der Waals surface area contributed by atoms with Crippen LogP contribution in [-0.2, 0) is 13.0 Å². The fourth-order valence-corrected chi connectivity index (χ4v) is 4.09. The highest BCUT2D eigenvalue weighted by molar-refractivity contribution is 6.31. The molecule has 3 aromatic rings. The van der Waals surface area contributed by atoms with Crippen LogP contribution >= 0.6 is 11.6 Å². The largest absolute Gasteiger partial charge is 0.317 e. The topological polar surface area (TPSA) is 8.17 Å². The van der Waals surface area contributed by atoms with Crippen molar-refractivity contribution in [2.24, 2.45) is 0 Å². The normalized spacial score (nSPS) is 16.0. The van der Waals surface area contributed by atoms with Gasteiger partial charge in [0.05, 0.1) is 5.52 Å². The van der Waals surface area contributed by atoms with Crippen LogP contribution in [-0.4, -0.2) is 23.1 Å². The van der Waals surface area contributed by atoms with E-state index in [0.717, 1.165) is 24.5 Å². The third-order valence-corrected chi connectivity index (χ3v) is 5.62. The highest BCUT2D eigenvalue weighted by Gasteiger charge is 2.23. The lowest BCUT2D eigenvalue weighted by Gasteiger charge is -2.25. The van der Waals surface area contributed by atoms with E-state index in [2.05, 4.69) is 72.8 Å². The Kier molecular flexibility index (Phi) is 4.18. The molecule has 0 radical (unpaired) electrons. The van der Waals surface area contributed by atoms with Crippen molar-refractivity contribution in [1.29, 1.82) is 0 Å². The Balaban J connectivity index is 1.99. The summed E-state index contributed by atoms with van der Waals surface area (Å²) in [7, 11) is 2.19. The molecule has 128 valence electrons. The minimum absolute atomic E-state index is 0.807. The van der Waals surface area contributed by atoms with E-state index < -0.39 is 0 Å². The van der Waals surface area contributed by atoms with Crippen LogP contribution < -0.4 is 0 Å². The maximum Gasteiger partial charge on any atom is 0.0532 e. The molecule has 3 heteroatoms. The number of allylic oxidation sites excluding steroid dienone is 2. The van der Waals surface area contributed by atoms with Crippen molar-refractivity contribution >= 4 is 33.8 Å². The van der Waals surface area contributed by atoms with Crippen LogP contribution in [0.3, 0.4) is 0 Å². The van der Waals surface area contributed by atoms with E-state index in [1.165, 1.54) is 39.0 Å². The molecule has 0 bridgehead atoms. The van der Waals surface area contributed by atoms with Gasteiger partial charge in [0, 0.05) is 41.3 Å². The molecule has 4 rings (SSSR count). The standard InChI is InChI=1S/C22H23ClN2/c1-15(17-7-5-4-6-8-17)16(2)25-21-10-9-18(23)13-19(21)20-14-24(3)12-11-22(20)25/h4-10,13H,11-12,14H2,1-3H3/b16-15+. The molecular formula is C22H23ClN2. The average molecular weight is 351 g/mol. The molecular weight excluding hydrogens is 328 g/mol. The summed E-state index contributed by atoms with van der Waals surface area (Å²) in [6.45, 7) is 6.52. The Morgan fingerprint density at radius 3 is 2.56 bits per heavy atom. The first-order valence-corrected chi connectivity index (χ1v) is 9.17. The van der Waals surface area contributed by atoms with E-state index in [0.29, 0.717) is 0 Å². The summed E-state index contributed by atoms with van der Waals surface area (Å²) in [4.78, 5) is 2.39. The minimum Gasteiger partial charge on any atom is -0.317 e. The maximum absolute atomic E-state index is 6.31. The maximum atomic E-state index is 6.31. The van der Waals surface area contributed by atoms with Gasteiger partial charge in [-0.15, -0.1) is 0 Å². The molecule has 0 unspecified atom stereocenters. The van der Waals surface area contributed by atoms with E-state index in [-0.39, 0.29) is 0 Å². The van der Waals surface area contributed by atoms with Crippen LogP contribution in [0.15, 0.2) is 48.5 Å². The zero-order chi connectivity index (χ0) is 17.6. The lowest BCUT2D eigenvalue weighted by molar-refractivity contribution is 0.311. The molecule has 2 heterocycles. The van der Waals surface area contributed by atoms with Gasteiger partial charge in [0.25, 0.3) is 0 Å². The van der Waals surface area contributed by atoms with Gasteiger partial charge in [0.2, 0.25) is 0 Å². The van der Waals surface area contributed by atoms with Crippen LogP contribution in [0.2, 0.25) is 5.02 Å². The molecule has 0 aliphatic carbocycles. The van der Waals surface area contributed by atoms with Crippen molar-refractivity contribution < 1.29 is 0 Å². The lowest BCUT2D eigenvalue weighted by Crippen LogP contribution is -2.27. The first-order chi connectivity index (χ1) is 12.1. The molecule has 0 saturated heterocycles. The fraction of sp³-hybridized carbons (Fsp3) is 0.273. The summed E-state index contributed by atoms with van der Waals surface area (Å²) in [5.41, 5.74) is 8.00. The number of halogens is 1. The number of rotatable bonds is 2. The molecule has 0 fully saturated rings. The Hall–Kier alpha value is -2.03.